The van der Waals surface area contributed by atoms with Crippen molar-refractivity contribution in [2.24, 2.45) is 0 Å². The lowest BCUT2D eigenvalue weighted by Crippen LogP contribution is -2.07. The van der Waals surface area contributed by atoms with Gasteiger partial charge in [0.15, 0.2) is 0 Å². The summed E-state index contributed by atoms with van der Waals surface area (Å²) in [4.78, 5) is 11.6. The van der Waals surface area contributed by atoms with E-state index in [0.29, 0.717) is 23.2 Å². The van der Waals surface area contributed by atoms with Gasteiger partial charge >= 0.3 is 5.97 Å². The van der Waals surface area contributed by atoms with Gasteiger partial charge in [0.2, 0.25) is 0 Å². The van der Waals surface area contributed by atoms with Crippen LogP contribution in [0.5, 0.6) is 5.75 Å². The number of carbonyl (C=O) groups is 1. The SMILES string of the molecule is CCOc1c(Br)cc(CBr)cc1C(=O)OC. The van der Waals surface area contributed by atoms with Gasteiger partial charge in [-0.1, -0.05) is 15.9 Å². The summed E-state index contributed by atoms with van der Waals surface area (Å²) >= 11 is 6.73. The fourth-order valence-electron chi connectivity index (χ4n) is 1.28. The van der Waals surface area contributed by atoms with Gasteiger partial charge in [-0.2, -0.15) is 0 Å². The maximum Gasteiger partial charge on any atom is 0.341 e. The third-order valence-corrected chi connectivity index (χ3v) is 3.19. The molecule has 3 nitrogen and oxygen atoms in total. The summed E-state index contributed by atoms with van der Waals surface area (Å²) in [5.74, 6) is 0.131. The van der Waals surface area contributed by atoms with Gasteiger partial charge in [0.25, 0.3) is 0 Å². The third kappa shape index (κ3) is 2.98. The molecule has 0 saturated heterocycles. The number of esters is 1. The van der Waals surface area contributed by atoms with E-state index < -0.39 is 5.97 Å². The van der Waals surface area contributed by atoms with Gasteiger partial charge in [0.05, 0.1) is 18.2 Å². The van der Waals surface area contributed by atoms with Crippen LogP contribution < -0.4 is 4.74 Å². The van der Waals surface area contributed by atoms with Crippen LogP contribution in [0.4, 0.5) is 0 Å². The fourth-order valence-corrected chi connectivity index (χ4v) is 2.23. The number of halogens is 2. The Balaban J connectivity index is 3.28. The average molecular weight is 352 g/mol. The fraction of sp³-hybridized carbons (Fsp3) is 0.364. The first-order valence-corrected chi connectivity index (χ1v) is 6.65. The molecule has 0 spiro atoms. The molecule has 88 valence electrons. The van der Waals surface area contributed by atoms with Crippen LogP contribution in [-0.2, 0) is 10.1 Å². The van der Waals surface area contributed by atoms with Gasteiger partial charge < -0.3 is 9.47 Å². The van der Waals surface area contributed by atoms with Gasteiger partial charge in [-0.05, 0) is 40.5 Å². The highest BCUT2D eigenvalue weighted by molar-refractivity contribution is 9.10. The molecule has 0 amide bonds. The second kappa shape index (κ2) is 6.25. The van der Waals surface area contributed by atoms with Gasteiger partial charge in [-0.3, -0.25) is 0 Å². The van der Waals surface area contributed by atoms with Crippen molar-refractivity contribution in [2.75, 3.05) is 13.7 Å². The molecule has 0 unspecified atom stereocenters. The molecule has 0 aliphatic carbocycles. The molecule has 0 fully saturated rings. The van der Waals surface area contributed by atoms with Gasteiger partial charge in [0, 0.05) is 5.33 Å². The number of benzene rings is 1. The highest BCUT2D eigenvalue weighted by atomic mass is 79.9. The molecule has 16 heavy (non-hydrogen) atoms. The van der Waals surface area contributed by atoms with E-state index in [0.717, 1.165) is 10.0 Å². The van der Waals surface area contributed by atoms with E-state index in [4.69, 9.17) is 9.47 Å². The van der Waals surface area contributed by atoms with E-state index in [-0.39, 0.29) is 0 Å². The summed E-state index contributed by atoms with van der Waals surface area (Å²) in [6, 6.07) is 3.67. The first-order valence-electron chi connectivity index (χ1n) is 4.73. The van der Waals surface area contributed by atoms with Crippen LogP contribution in [0.3, 0.4) is 0 Å². The van der Waals surface area contributed by atoms with Crippen molar-refractivity contribution in [3.63, 3.8) is 0 Å². The Morgan fingerprint density at radius 2 is 2.12 bits per heavy atom. The van der Waals surface area contributed by atoms with E-state index >= 15 is 0 Å². The van der Waals surface area contributed by atoms with Crippen molar-refractivity contribution in [1.82, 2.24) is 0 Å². The van der Waals surface area contributed by atoms with Crippen LogP contribution in [0, 0.1) is 0 Å². The number of methoxy groups -OCH3 is 1. The zero-order valence-electron chi connectivity index (χ0n) is 9.05. The summed E-state index contributed by atoms with van der Waals surface area (Å²) in [6.07, 6.45) is 0. The number of hydrogen-bond donors (Lipinski definition) is 0. The van der Waals surface area contributed by atoms with Crippen LogP contribution in [0.1, 0.15) is 22.8 Å². The zero-order valence-corrected chi connectivity index (χ0v) is 12.2. The van der Waals surface area contributed by atoms with E-state index in [1.165, 1.54) is 7.11 Å². The first-order chi connectivity index (χ1) is 7.63. The number of ether oxygens (including phenoxy) is 2. The van der Waals surface area contributed by atoms with E-state index in [2.05, 4.69) is 31.9 Å². The Hall–Kier alpha value is -0.550. The van der Waals surface area contributed by atoms with Crippen molar-refractivity contribution in [1.29, 1.82) is 0 Å². The van der Waals surface area contributed by atoms with E-state index in [1.54, 1.807) is 6.07 Å². The third-order valence-electron chi connectivity index (χ3n) is 1.95. The van der Waals surface area contributed by atoms with Crippen molar-refractivity contribution < 1.29 is 14.3 Å². The highest BCUT2D eigenvalue weighted by Crippen LogP contribution is 2.32. The van der Waals surface area contributed by atoms with Crippen LogP contribution in [0.2, 0.25) is 0 Å². The Bertz CT molecular complexity index is 391. The predicted molar refractivity (Wildman–Crippen MR) is 69.3 cm³/mol. The molecule has 1 aromatic rings. The normalized spacial score (nSPS) is 10.0. The minimum atomic E-state index is -0.396. The maximum atomic E-state index is 11.6. The lowest BCUT2D eigenvalue weighted by molar-refractivity contribution is 0.0596. The Kier molecular flexibility index (Phi) is 5.28. The second-order valence-electron chi connectivity index (χ2n) is 3.01. The minimum Gasteiger partial charge on any atom is -0.492 e. The summed E-state index contributed by atoms with van der Waals surface area (Å²) < 4.78 is 10.9. The van der Waals surface area contributed by atoms with Crippen molar-refractivity contribution in [3.05, 3.63) is 27.7 Å². The maximum absolute atomic E-state index is 11.6. The molecule has 0 bridgehead atoms. The molecule has 0 radical (unpaired) electrons. The molecule has 0 aliphatic heterocycles. The second-order valence-corrected chi connectivity index (χ2v) is 4.43. The standard InChI is InChI=1S/C11H12Br2O3/c1-3-16-10-8(11(14)15-2)4-7(6-12)5-9(10)13/h4-5H,3,6H2,1-2H3. The quantitative estimate of drug-likeness (QED) is 0.615. The lowest BCUT2D eigenvalue weighted by Gasteiger charge is -2.12. The van der Waals surface area contributed by atoms with Gasteiger partial charge in [-0.15, -0.1) is 0 Å². The van der Waals surface area contributed by atoms with Gasteiger partial charge in [0.1, 0.15) is 11.3 Å². The zero-order chi connectivity index (χ0) is 12.1. The summed E-state index contributed by atoms with van der Waals surface area (Å²) in [5.41, 5.74) is 1.42. The minimum absolute atomic E-state index is 0.396. The summed E-state index contributed by atoms with van der Waals surface area (Å²) in [6.45, 7) is 2.36. The average Bonchev–Trinajstić information content (AvgIpc) is 2.30. The van der Waals surface area contributed by atoms with Gasteiger partial charge in [-0.25, -0.2) is 4.79 Å². The first kappa shape index (κ1) is 13.5. The van der Waals surface area contributed by atoms with E-state index in [9.17, 15) is 4.79 Å². The van der Waals surface area contributed by atoms with Crippen LogP contribution in [0.25, 0.3) is 0 Å². The lowest BCUT2D eigenvalue weighted by atomic mass is 10.1. The smallest absolute Gasteiger partial charge is 0.341 e. The molecule has 5 heteroatoms. The number of alkyl halides is 1. The molecular weight excluding hydrogens is 340 g/mol. The Labute approximate surface area is 111 Å². The molecule has 0 atom stereocenters. The van der Waals surface area contributed by atoms with Crippen molar-refractivity contribution in [3.8, 4) is 5.75 Å². The van der Waals surface area contributed by atoms with E-state index in [1.807, 2.05) is 13.0 Å². The Morgan fingerprint density at radius 3 is 2.62 bits per heavy atom. The molecule has 0 heterocycles. The monoisotopic (exact) mass is 350 g/mol. The van der Waals surface area contributed by atoms with Crippen molar-refractivity contribution >= 4 is 37.8 Å². The molecule has 1 rings (SSSR count). The largest absolute Gasteiger partial charge is 0.492 e. The summed E-state index contributed by atoms with van der Waals surface area (Å²) in [5, 5.41) is 0.669. The molecule has 0 saturated carbocycles. The Morgan fingerprint density at radius 1 is 1.44 bits per heavy atom. The molecule has 1 aromatic carbocycles. The van der Waals surface area contributed by atoms with Crippen LogP contribution in [0.15, 0.2) is 16.6 Å². The molecular formula is C11H12Br2O3. The topological polar surface area (TPSA) is 35.5 Å². The molecule has 0 aromatic heterocycles. The summed E-state index contributed by atoms with van der Waals surface area (Å²) in [7, 11) is 1.35. The highest BCUT2D eigenvalue weighted by Gasteiger charge is 2.17. The van der Waals surface area contributed by atoms with Crippen LogP contribution >= 0.6 is 31.9 Å². The van der Waals surface area contributed by atoms with Crippen LogP contribution in [-0.4, -0.2) is 19.7 Å². The van der Waals surface area contributed by atoms with Crippen molar-refractivity contribution in [2.45, 2.75) is 12.3 Å². The number of rotatable bonds is 4. The molecule has 0 aliphatic rings. The molecule has 0 N–H and O–H groups in total. The number of hydrogen-bond acceptors (Lipinski definition) is 3. The number of carbonyl (C=O) groups excluding carboxylic acids is 1. The predicted octanol–water partition coefficient (Wildman–Crippen LogP) is 3.53.